The van der Waals surface area contributed by atoms with Crippen LogP contribution < -0.4 is 15.4 Å². The molecule has 27 heavy (non-hydrogen) atoms. The predicted octanol–water partition coefficient (Wildman–Crippen LogP) is 4.06. The van der Waals surface area contributed by atoms with Crippen molar-refractivity contribution < 1.29 is 22.7 Å². The molecule has 0 radical (unpaired) electrons. The SMILES string of the molecule is O=C(Nc1ccc(C2CC2)nn1)NC1(c2cccc(OC(F)(F)F)c2)CC1. The van der Waals surface area contributed by atoms with Gasteiger partial charge in [-0.1, -0.05) is 12.1 Å². The Kier molecular flexibility index (Phi) is 4.16. The third kappa shape index (κ3) is 4.29. The second-order valence-corrected chi connectivity index (χ2v) is 6.85. The molecular formula is C18H17F3N4O2. The minimum absolute atomic E-state index is 0.310. The van der Waals surface area contributed by atoms with Crippen LogP contribution in [0.15, 0.2) is 36.4 Å². The van der Waals surface area contributed by atoms with Crippen molar-refractivity contribution >= 4 is 11.8 Å². The van der Waals surface area contributed by atoms with Gasteiger partial charge in [0, 0.05) is 5.92 Å². The first-order valence-corrected chi connectivity index (χ1v) is 8.62. The molecule has 1 aromatic carbocycles. The number of benzene rings is 1. The van der Waals surface area contributed by atoms with Crippen LogP contribution in [0.25, 0.3) is 0 Å². The van der Waals surface area contributed by atoms with Crippen molar-refractivity contribution in [2.24, 2.45) is 0 Å². The molecule has 0 spiro atoms. The second kappa shape index (κ2) is 6.40. The van der Waals surface area contributed by atoms with Gasteiger partial charge in [0.2, 0.25) is 0 Å². The Morgan fingerprint density at radius 2 is 1.93 bits per heavy atom. The number of nitrogens with one attached hydrogen (secondary N) is 2. The zero-order chi connectivity index (χ0) is 19.1. The largest absolute Gasteiger partial charge is 0.573 e. The maximum atomic E-state index is 12.4. The number of alkyl halides is 3. The number of aromatic nitrogens is 2. The van der Waals surface area contributed by atoms with Crippen LogP contribution in [0.4, 0.5) is 23.8 Å². The lowest BCUT2D eigenvalue weighted by Crippen LogP contribution is -2.38. The molecule has 1 aromatic heterocycles. The molecule has 2 aromatic rings. The number of rotatable bonds is 5. The minimum atomic E-state index is -4.76. The summed E-state index contributed by atoms with van der Waals surface area (Å²) in [6.45, 7) is 0. The lowest BCUT2D eigenvalue weighted by molar-refractivity contribution is -0.274. The van der Waals surface area contributed by atoms with Gasteiger partial charge in [0.15, 0.2) is 5.82 Å². The number of nitrogens with zero attached hydrogens (tertiary/aromatic N) is 2. The van der Waals surface area contributed by atoms with Gasteiger partial charge >= 0.3 is 12.4 Å². The molecule has 0 unspecified atom stereocenters. The first-order valence-electron chi connectivity index (χ1n) is 8.62. The first kappa shape index (κ1) is 17.6. The molecule has 2 amide bonds. The summed E-state index contributed by atoms with van der Waals surface area (Å²) < 4.78 is 41.2. The zero-order valence-corrected chi connectivity index (χ0v) is 14.2. The average Bonchev–Trinajstić information content (AvgIpc) is 3.49. The van der Waals surface area contributed by atoms with Gasteiger partial charge in [-0.3, -0.25) is 5.32 Å². The smallest absolute Gasteiger partial charge is 0.406 e. The summed E-state index contributed by atoms with van der Waals surface area (Å²) >= 11 is 0. The highest BCUT2D eigenvalue weighted by Gasteiger charge is 2.46. The van der Waals surface area contributed by atoms with Gasteiger partial charge in [-0.05, 0) is 55.5 Å². The topological polar surface area (TPSA) is 76.1 Å². The van der Waals surface area contributed by atoms with Crippen LogP contribution in [0.1, 0.15) is 42.9 Å². The highest BCUT2D eigenvalue weighted by Crippen LogP contribution is 2.46. The van der Waals surface area contributed by atoms with Gasteiger partial charge < -0.3 is 10.1 Å². The van der Waals surface area contributed by atoms with Gasteiger partial charge in [-0.15, -0.1) is 18.3 Å². The molecule has 2 saturated carbocycles. The Bertz CT molecular complexity index is 846. The van der Waals surface area contributed by atoms with Crippen LogP contribution in [0, 0.1) is 0 Å². The molecule has 0 atom stereocenters. The van der Waals surface area contributed by atoms with E-state index < -0.39 is 17.9 Å². The lowest BCUT2D eigenvalue weighted by Gasteiger charge is -2.19. The van der Waals surface area contributed by atoms with E-state index in [4.69, 9.17) is 0 Å². The van der Waals surface area contributed by atoms with Crippen molar-refractivity contribution in [1.29, 1.82) is 0 Å². The van der Waals surface area contributed by atoms with Crippen molar-refractivity contribution in [2.75, 3.05) is 5.32 Å². The van der Waals surface area contributed by atoms with E-state index >= 15 is 0 Å². The molecule has 6 nitrogen and oxygen atoms in total. The molecule has 2 N–H and O–H groups in total. The lowest BCUT2D eigenvalue weighted by atomic mass is 10.0. The molecule has 9 heteroatoms. The summed E-state index contributed by atoms with van der Waals surface area (Å²) in [5.74, 6) is 0.484. The fourth-order valence-electron chi connectivity index (χ4n) is 2.97. The number of carbonyl (C=O) groups is 1. The van der Waals surface area contributed by atoms with Crippen molar-refractivity contribution in [3.8, 4) is 5.75 Å². The number of hydrogen-bond acceptors (Lipinski definition) is 4. The van der Waals surface area contributed by atoms with E-state index in [1.165, 1.54) is 18.2 Å². The summed E-state index contributed by atoms with van der Waals surface area (Å²) in [4.78, 5) is 12.3. The number of anilines is 1. The van der Waals surface area contributed by atoms with Crippen molar-refractivity contribution in [2.45, 2.75) is 43.5 Å². The fourth-order valence-corrected chi connectivity index (χ4v) is 2.97. The van der Waals surface area contributed by atoms with E-state index in [0.29, 0.717) is 30.1 Å². The Labute approximate surface area is 153 Å². The third-order valence-corrected chi connectivity index (χ3v) is 4.65. The van der Waals surface area contributed by atoms with E-state index in [2.05, 4.69) is 25.6 Å². The zero-order valence-electron chi connectivity index (χ0n) is 14.2. The van der Waals surface area contributed by atoms with Crippen LogP contribution >= 0.6 is 0 Å². The van der Waals surface area contributed by atoms with Crippen LogP contribution in [-0.2, 0) is 5.54 Å². The van der Waals surface area contributed by atoms with Crippen LogP contribution in [-0.4, -0.2) is 22.6 Å². The molecule has 2 aliphatic carbocycles. The first-order chi connectivity index (χ1) is 12.8. The highest BCUT2D eigenvalue weighted by atomic mass is 19.4. The van der Waals surface area contributed by atoms with E-state index in [1.807, 2.05) is 6.07 Å². The monoisotopic (exact) mass is 378 g/mol. The van der Waals surface area contributed by atoms with Crippen LogP contribution in [0.2, 0.25) is 0 Å². The number of urea groups is 1. The predicted molar refractivity (Wildman–Crippen MR) is 90.2 cm³/mol. The molecule has 0 bridgehead atoms. The molecule has 4 rings (SSSR count). The van der Waals surface area contributed by atoms with E-state index in [9.17, 15) is 18.0 Å². The Balaban J connectivity index is 1.41. The second-order valence-electron chi connectivity index (χ2n) is 6.85. The maximum Gasteiger partial charge on any atom is 0.573 e. The molecule has 142 valence electrons. The molecule has 0 saturated heterocycles. The number of carbonyl (C=O) groups excluding carboxylic acids is 1. The van der Waals surface area contributed by atoms with Crippen LogP contribution in [0.3, 0.4) is 0 Å². The molecule has 2 aliphatic rings. The van der Waals surface area contributed by atoms with E-state index in [-0.39, 0.29) is 5.75 Å². The number of ether oxygens (including phenoxy) is 1. The summed E-state index contributed by atoms with van der Waals surface area (Å²) in [5.41, 5.74) is 0.784. The quantitative estimate of drug-likeness (QED) is 0.823. The van der Waals surface area contributed by atoms with E-state index in [0.717, 1.165) is 18.5 Å². The summed E-state index contributed by atoms with van der Waals surface area (Å²) in [5, 5.41) is 13.5. The summed E-state index contributed by atoms with van der Waals surface area (Å²) in [6.07, 6.45) is -1.28. The Morgan fingerprint density at radius 1 is 1.15 bits per heavy atom. The molecule has 1 heterocycles. The van der Waals surface area contributed by atoms with Crippen molar-refractivity contribution in [3.63, 3.8) is 0 Å². The van der Waals surface area contributed by atoms with Crippen molar-refractivity contribution in [3.05, 3.63) is 47.7 Å². The van der Waals surface area contributed by atoms with Crippen molar-refractivity contribution in [1.82, 2.24) is 15.5 Å². The van der Waals surface area contributed by atoms with E-state index in [1.54, 1.807) is 12.1 Å². The Hall–Kier alpha value is -2.84. The van der Waals surface area contributed by atoms with Gasteiger partial charge in [-0.2, -0.15) is 5.10 Å². The molecular weight excluding hydrogens is 361 g/mol. The van der Waals surface area contributed by atoms with Gasteiger partial charge in [0.1, 0.15) is 5.75 Å². The average molecular weight is 378 g/mol. The third-order valence-electron chi connectivity index (χ3n) is 4.65. The highest BCUT2D eigenvalue weighted by molar-refractivity contribution is 5.89. The standard InChI is InChI=1S/C18H17F3N4O2/c19-18(20,21)27-13-3-1-2-12(10-13)17(8-9-17)23-16(26)22-15-7-6-14(24-25-15)11-4-5-11/h1-3,6-7,10-11H,4-5,8-9H2,(H2,22,23,25,26). The number of halogens is 3. The molecule has 0 aliphatic heterocycles. The number of amides is 2. The maximum absolute atomic E-state index is 12.4. The molecule has 2 fully saturated rings. The normalized spacial score (nSPS) is 17.9. The van der Waals surface area contributed by atoms with Gasteiger partial charge in [0.05, 0.1) is 11.2 Å². The van der Waals surface area contributed by atoms with Crippen LogP contribution in [0.5, 0.6) is 5.75 Å². The summed E-state index contributed by atoms with van der Waals surface area (Å²) in [7, 11) is 0. The minimum Gasteiger partial charge on any atom is -0.406 e. The fraction of sp³-hybridized carbons (Fsp3) is 0.389. The summed E-state index contributed by atoms with van der Waals surface area (Å²) in [6, 6.07) is 8.71. The van der Waals surface area contributed by atoms with Gasteiger partial charge in [-0.25, -0.2) is 4.79 Å². The van der Waals surface area contributed by atoms with Gasteiger partial charge in [0.25, 0.3) is 0 Å². The number of hydrogen-bond donors (Lipinski definition) is 2. The Morgan fingerprint density at radius 3 is 2.52 bits per heavy atom.